The van der Waals surface area contributed by atoms with Gasteiger partial charge in [-0.05, 0) is 32.3 Å². The van der Waals surface area contributed by atoms with Gasteiger partial charge in [0.05, 0.1) is 12.6 Å². The van der Waals surface area contributed by atoms with E-state index in [4.69, 9.17) is 9.73 Å². The summed E-state index contributed by atoms with van der Waals surface area (Å²) in [5, 5.41) is 24.8. The summed E-state index contributed by atoms with van der Waals surface area (Å²) in [7, 11) is 1.94. The predicted octanol–water partition coefficient (Wildman–Crippen LogP) is 2.33. The second kappa shape index (κ2) is 11.6. The van der Waals surface area contributed by atoms with Crippen LogP contribution in [0.25, 0.3) is 0 Å². The summed E-state index contributed by atoms with van der Waals surface area (Å²) >= 11 is 0. The van der Waals surface area contributed by atoms with Crippen molar-refractivity contribution in [2.45, 2.75) is 39.3 Å². The number of aromatic nitrogens is 3. The number of halogens is 1. The molecule has 9 heteroatoms. The van der Waals surface area contributed by atoms with Crippen molar-refractivity contribution in [3.63, 3.8) is 0 Å². The molecule has 1 aromatic heterocycles. The first-order valence-electron chi connectivity index (χ1n) is 10.2. The molecule has 1 fully saturated rings. The molecule has 8 nitrogen and oxygen atoms in total. The summed E-state index contributed by atoms with van der Waals surface area (Å²) in [5.41, 5.74) is 1.12. The molecule has 2 unspecified atom stereocenters. The van der Waals surface area contributed by atoms with E-state index in [1.54, 1.807) is 0 Å². The number of rotatable bonds is 8. The van der Waals surface area contributed by atoms with E-state index < -0.39 is 0 Å². The van der Waals surface area contributed by atoms with Crippen molar-refractivity contribution in [2.24, 2.45) is 17.5 Å². The smallest absolute Gasteiger partial charge is 0.192 e. The standard InChI is InChI=1S/C21H32N6O2.HI/c1-16(18-7-5-4-6-8-18)24-20(22-13-19-26-25-17(2)27(19)3)23-14-21(9-11-28)10-12-29-15-21;/h4-8,16,28H,9-15H2,1-3H3,(H2,22,23,24);1H. The molecule has 3 N–H and O–H groups in total. The summed E-state index contributed by atoms with van der Waals surface area (Å²) in [4.78, 5) is 4.75. The number of hydrogen-bond donors (Lipinski definition) is 3. The highest BCUT2D eigenvalue weighted by Gasteiger charge is 2.34. The minimum Gasteiger partial charge on any atom is -0.396 e. The topological polar surface area (TPSA) is 96.6 Å². The Hall–Kier alpha value is -1.72. The molecule has 0 amide bonds. The lowest BCUT2D eigenvalue weighted by Gasteiger charge is -2.28. The van der Waals surface area contributed by atoms with Gasteiger partial charge in [-0.3, -0.25) is 0 Å². The summed E-state index contributed by atoms with van der Waals surface area (Å²) in [6, 6.07) is 10.4. The number of aliphatic hydroxyl groups is 1. The van der Waals surface area contributed by atoms with Crippen molar-refractivity contribution in [1.29, 1.82) is 0 Å². The van der Waals surface area contributed by atoms with E-state index in [-0.39, 0.29) is 42.0 Å². The van der Waals surface area contributed by atoms with Gasteiger partial charge in [0.15, 0.2) is 11.8 Å². The van der Waals surface area contributed by atoms with Crippen LogP contribution in [0.3, 0.4) is 0 Å². The minimum atomic E-state index is -0.0610. The maximum atomic E-state index is 9.49. The van der Waals surface area contributed by atoms with Crippen molar-refractivity contribution in [3.05, 3.63) is 47.5 Å². The highest BCUT2D eigenvalue weighted by molar-refractivity contribution is 14.0. The van der Waals surface area contributed by atoms with Crippen LogP contribution < -0.4 is 10.6 Å². The first-order chi connectivity index (χ1) is 14.0. The average Bonchev–Trinajstić information content (AvgIpc) is 3.32. The van der Waals surface area contributed by atoms with E-state index in [2.05, 4.69) is 39.9 Å². The van der Waals surface area contributed by atoms with Crippen LogP contribution >= 0.6 is 24.0 Å². The molecular formula is C21H33IN6O2. The van der Waals surface area contributed by atoms with Crippen LogP contribution in [0, 0.1) is 12.3 Å². The first-order valence-corrected chi connectivity index (χ1v) is 10.2. The van der Waals surface area contributed by atoms with Crippen molar-refractivity contribution in [3.8, 4) is 0 Å². The maximum absolute atomic E-state index is 9.49. The zero-order chi connectivity index (χ0) is 20.7. The number of hydrogen-bond acceptors (Lipinski definition) is 5. The summed E-state index contributed by atoms with van der Waals surface area (Å²) < 4.78 is 7.55. The largest absolute Gasteiger partial charge is 0.396 e. The number of ether oxygens (including phenoxy) is 1. The summed E-state index contributed by atoms with van der Waals surface area (Å²) in [6.45, 7) is 6.71. The molecule has 0 saturated carbocycles. The number of aliphatic imine (C=N–C) groups is 1. The van der Waals surface area contributed by atoms with Gasteiger partial charge in [-0.2, -0.15) is 0 Å². The first kappa shape index (κ1) is 24.5. The van der Waals surface area contributed by atoms with Gasteiger partial charge in [-0.15, -0.1) is 34.2 Å². The van der Waals surface area contributed by atoms with Gasteiger partial charge in [-0.25, -0.2) is 4.99 Å². The number of nitrogens with zero attached hydrogens (tertiary/aromatic N) is 4. The molecule has 0 bridgehead atoms. The van der Waals surface area contributed by atoms with Crippen molar-refractivity contribution in [2.75, 3.05) is 26.4 Å². The Labute approximate surface area is 195 Å². The third-order valence-corrected chi connectivity index (χ3v) is 5.67. The third kappa shape index (κ3) is 6.39. The summed E-state index contributed by atoms with van der Waals surface area (Å²) in [6.07, 6.45) is 1.65. The quantitative estimate of drug-likeness (QED) is 0.277. The van der Waals surface area contributed by atoms with E-state index >= 15 is 0 Å². The molecule has 1 aliphatic rings. The minimum absolute atomic E-state index is 0. The van der Waals surface area contributed by atoms with Gasteiger partial charge >= 0.3 is 0 Å². The molecule has 30 heavy (non-hydrogen) atoms. The van der Waals surface area contributed by atoms with Crippen molar-refractivity contribution in [1.82, 2.24) is 25.4 Å². The van der Waals surface area contributed by atoms with Crippen LogP contribution in [-0.2, 0) is 18.3 Å². The second-order valence-corrected chi connectivity index (χ2v) is 7.79. The molecule has 2 aromatic rings. The van der Waals surface area contributed by atoms with Gasteiger partial charge < -0.3 is 25.0 Å². The highest BCUT2D eigenvalue weighted by atomic mass is 127. The fourth-order valence-electron chi connectivity index (χ4n) is 3.50. The van der Waals surface area contributed by atoms with Crippen LogP contribution in [0.1, 0.15) is 43.0 Å². The normalized spacial score (nSPS) is 19.9. The Morgan fingerprint density at radius 3 is 2.70 bits per heavy atom. The SMILES string of the molecule is Cc1nnc(CN=C(NCC2(CCO)CCOC2)NC(C)c2ccccc2)n1C.I. The van der Waals surface area contributed by atoms with E-state index in [1.807, 2.05) is 36.7 Å². The van der Waals surface area contributed by atoms with E-state index in [0.717, 1.165) is 24.7 Å². The maximum Gasteiger partial charge on any atom is 0.192 e. The second-order valence-electron chi connectivity index (χ2n) is 7.79. The third-order valence-electron chi connectivity index (χ3n) is 5.67. The van der Waals surface area contributed by atoms with Gasteiger partial charge in [0.2, 0.25) is 0 Å². The van der Waals surface area contributed by atoms with Crippen LogP contribution in [0.4, 0.5) is 0 Å². The number of guanidine groups is 1. The van der Waals surface area contributed by atoms with Gasteiger partial charge in [0.1, 0.15) is 12.4 Å². The summed E-state index contributed by atoms with van der Waals surface area (Å²) in [5.74, 6) is 2.39. The zero-order valence-corrected chi connectivity index (χ0v) is 20.3. The molecule has 0 radical (unpaired) electrons. The van der Waals surface area contributed by atoms with E-state index in [9.17, 15) is 5.11 Å². The Morgan fingerprint density at radius 2 is 2.10 bits per heavy atom. The molecular weight excluding hydrogens is 495 g/mol. The Morgan fingerprint density at radius 1 is 1.33 bits per heavy atom. The molecule has 1 saturated heterocycles. The molecule has 0 aliphatic carbocycles. The monoisotopic (exact) mass is 528 g/mol. The molecule has 1 aliphatic heterocycles. The lowest BCUT2D eigenvalue weighted by Crippen LogP contribution is -2.45. The fourth-order valence-corrected chi connectivity index (χ4v) is 3.50. The lowest BCUT2D eigenvalue weighted by molar-refractivity contribution is 0.127. The highest BCUT2D eigenvalue weighted by Crippen LogP contribution is 2.31. The lowest BCUT2D eigenvalue weighted by atomic mass is 9.84. The molecule has 166 valence electrons. The Bertz CT molecular complexity index is 805. The van der Waals surface area contributed by atoms with Crippen LogP contribution in [0.15, 0.2) is 35.3 Å². The van der Waals surface area contributed by atoms with Crippen molar-refractivity contribution >= 4 is 29.9 Å². The van der Waals surface area contributed by atoms with Gasteiger partial charge in [0.25, 0.3) is 0 Å². The van der Waals surface area contributed by atoms with Crippen LogP contribution in [0.5, 0.6) is 0 Å². The number of benzene rings is 1. The molecule has 3 rings (SSSR count). The average molecular weight is 528 g/mol. The van der Waals surface area contributed by atoms with Gasteiger partial charge in [0, 0.05) is 32.2 Å². The zero-order valence-electron chi connectivity index (χ0n) is 18.0. The Kier molecular flexibility index (Phi) is 9.50. The van der Waals surface area contributed by atoms with Crippen molar-refractivity contribution < 1.29 is 9.84 Å². The fraction of sp³-hybridized carbons (Fsp3) is 0.571. The van der Waals surface area contributed by atoms with Crippen LogP contribution in [-0.4, -0.2) is 52.2 Å². The van der Waals surface area contributed by atoms with E-state index in [1.165, 1.54) is 5.56 Å². The molecule has 0 spiro atoms. The molecule has 2 atom stereocenters. The van der Waals surface area contributed by atoms with E-state index in [0.29, 0.717) is 32.1 Å². The predicted molar refractivity (Wildman–Crippen MR) is 128 cm³/mol. The molecule has 2 heterocycles. The van der Waals surface area contributed by atoms with Crippen LogP contribution in [0.2, 0.25) is 0 Å². The number of nitrogens with one attached hydrogen (secondary N) is 2. The number of aliphatic hydroxyl groups excluding tert-OH is 1. The molecule has 1 aromatic carbocycles. The van der Waals surface area contributed by atoms with Gasteiger partial charge in [-0.1, -0.05) is 30.3 Å². The number of aryl methyl sites for hydroxylation is 1. The Balaban J connectivity index is 0.00000320.